The number of amides is 1. The molecule has 86 valence electrons. The van der Waals surface area contributed by atoms with E-state index in [-0.39, 0.29) is 9.83 Å². The van der Waals surface area contributed by atoms with Gasteiger partial charge >= 0.3 is 0 Å². The van der Waals surface area contributed by atoms with Crippen LogP contribution < -0.4 is 4.90 Å². The van der Waals surface area contributed by atoms with Crippen LogP contribution in [0.25, 0.3) is 0 Å². The molecule has 0 N–H and O–H groups in total. The summed E-state index contributed by atoms with van der Waals surface area (Å²) in [5.41, 5.74) is 1.63. The number of carbonyl (C=O) groups is 1. The minimum Gasteiger partial charge on any atom is -0.299 e. The minimum atomic E-state index is 0.0299. The van der Waals surface area contributed by atoms with Crippen molar-refractivity contribution in [1.29, 1.82) is 5.26 Å². The van der Waals surface area contributed by atoms with Gasteiger partial charge in [-0.15, -0.1) is 0 Å². The number of pyridine rings is 1. The number of nitrogens with zero attached hydrogens (tertiary/aromatic N) is 3. The minimum absolute atomic E-state index is 0.0299. The molecule has 1 aromatic heterocycles. The average Bonchev–Trinajstić information content (AvgIpc) is 3.15. The molecule has 0 saturated heterocycles. The first kappa shape index (κ1) is 11.0. The van der Waals surface area contributed by atoms with Crippen LogP contribution >= 0.6 is 22.6 Å². The van der Waals surface area contributed by atoms with Gasteiger partial charge in [0.05, 0.1) is 9.49 Å². The van der Waals surface area contributed by atoms with Crippen LogP contribution in [0.4, 0.5) is 5.82 Å². The monoisotopic (exact) mass is 339 g/mol. The van der Waals surface area contributed by atoms with E-state index < -0.39 is 0 Å². The summed E-state index contributed by atoms with van der Waals surface area (Å²) in [6, 6.07) is 3.99. The molecule has 1 saturated carbocycles. The summed E-state index contributed by atoms with van der Waals surface area (Å²) in [4.78, 5) is 18.0. The highest BCUT2D eigenvalue weighted by molar-refractivity contribution is 14.1. The lowest BCUT2D eigenvalue weighted by Crippen LogP contribution is -2.34. The van der Waals surface area contributed by atoms with Gasteiger partial charge in [-0.3, -0.25) is 9.69 Å². The Balaban J connectivity index is 2.15. The maximum Gasteiger partial charge on any atom is 0.241 e. The van der Waals surface area contributed by atoms with Gasteiger partial charge in [-0.2, -0.15) is 5.26 Å². The molecule has 1 aromatic rings. The van der Waals surface area contributed by atoms with E-state index in [0.29, 0.717) is 17.4 Å². The van der Waals surface area contributed by atoms with Crippen molar-refractivity contribution in [2.75, 3.05) is 11.9 Å². The number of carbonyl (C=O) groups excluding carboxylic acids is 1. The van der Waals surface area contributed by atoms with Gasteiger partial charge in [0.25, 0.3) is 0 Å². The fourth-order valence-corrected chi connectivity index (χ4v) is 3.67. The van der Waals surface area contributed by atoms with Gasteiger partial charge in [0.1, 0.15) is 11.9 Å². The molecule has 3 atom stereocenters. The molecule has 5 heteroatoms. The predicted octanol–water partition coefficient (Wildman–Crippen LogP) is 1.84. The summed E-state index contributed by atoms with van der Waals surface area (Å²) in [6.45, 7) is 0. The van der Waals surface area contributed by atoms with Crippen molar-refractivity contribution >= 4 is 34.3 Å². The molecule has 17 heavy (non-hydrogen) atoms. The Labute approximate surface area is 113 Å². The third-order valence-corrected chi connectivity index (χ3v) is 4.98. The lowest BCUT2D eigenvalue weighted by Gasteiger charge is -2.19. The number of halogens is 1. The maximum absolute atomic E-state index is 12.1. The van der Waals surface area contributed by atoms with E-state index in [4.69, 9.17) is 5.26 Å². The largest absolute Gasteiger partial charge is 0.299 e. The fourth-order valence-electron chi connectivity index (χ4n) is 2.46. The van der Waals surface area contributed by atoms with Crippen LogP contribution in [0.2, 0.25) is 0 Å². The summed E-state index contributed by atoms with van der Waals surface area (Å²) in [6.07, 6.45) is 2.57. The first-order chi connectivity index (χ1) is 8.13. The van der Waals surface area contributed by atoms with Gasteiger partial charge in [0.2, 0.25) is 5.91 Å². The summed E-state index contributed by atoms with van der Waals surface area (Å²) in [7, 11) is 1.76. The second-order valence-corrected chi connectivity index (χ2v) is 5.90. The van der Waals surface area contributed by atoms with Crippen LogP contribution in [0, 0.1) is 17.2 Å². The zero-order chi connectivity index (χ0) is 12.2. The molecule has 1 unspecified atom stereocenters. The average molecular weight is 339 g/mol. The molecule has 0 bridgehead atoms. The zero-order valence-electron chi connectivity index (χ0n) is 9.22. The van der Waals surface area contributed by atoms with Gasteiger partial charge in [-0.25, -0.2) is 4.98 Å². The van der Waals surface area contributed by atoms with Gasteiger partial charge in [0, 0.05) is 13.2 Å². The zero-order valence-corrected chi connectivity index (χ0v) is 11.4. The van der Waals surface area contributed by atoms with E-state index in [0.717, 1.165) is 17.8 Å². The number of rotatable bonds is 0. The smallest absolute Gasteiger partial charge is 0.241 e. The van der Waals surface area contributed by atoms with Crippen molar-refractivity contribution in [3.05, 3.63) is 23.4 Å². The summed E-state index contributed by atoms with van der Waals surface area (Å²) >= 11 is 2.22. The number of hydrogen-bond donors (Lipinski definition) is 0. The second kappa shape index (κ2) is 3.67. The molecule has 4 nitrogen and oxygen atoms in total. The van der Waals surface area contributed by atoms with E-state index in [1.807, 2.05) is 6.07 Å². The molecule has 0 aromatic carbocycles. The van der Waals surface area contributed by atoms with Crippen LogP contribution in [0.5, 0.6) is 0 Å². The lowest BCUT2D eigenvalue weighted by atomic mass is 10.1. The first-order valence-corrected chi connectivity index (χ1v) is 6.69. The van der Waals surface area contributed by atoms with Crippen molar-refractivity contribution in [3.63, 3.8) is 0 Å². The standard InChI is InChI=1S/C12H10IN3O/c1-16-11-9(2-6(4-14)5-15-11)7-3-8(7)10(13)12(16)17/h2,5,7-8,10H,3H2,1H3/t7-,8?,10-/m1/s1. The molecular weight excluding hydrogens is 329 g/mol. The molecule has 1 aliphatic carbocycles. The van der Waals surface area contributed by atoms with Crippen LogP contribution in [0.1, 0.15) is 23.5 Å². The lowest BCUT2D eigenvalue weighted by molar-refractivity contribution is -0.117. The van der Waals surface area contributed by atoms with Crippen molar-refractivity contribution in [2.24, 2.45) is 5.92 Å². The SMILES string of the molecule is CN1C(=O)[C@H](I)C2C[C@H]2c2cc(C#N)cnc21. The molecular formula is C12H10IN3O. The summed E-state index contributed by atoms with van der Waals surface area (Å²) < 4.78 is 0.0299. The van der Waals surface area contributed by atoms with Crippen molar-refractivity contribution in [3.8, 4) is 6.07 Å². The number of anilines is 1. The molecule has 1 aliphatic heterocycles. The molecule has 1 fully saturated rings. The van der Waals surface area contributed by atoms with E-state index in [2.05, 4.69) is 33.6 Å². The molecule has 0 spiro atoms. The number of hydrogen-bond acceptors (Lipinski definition) is 3. The number of alkyl halides is 1. The first-order valence-electron chi connectivity index (χ1n) is 5.45. The highest BCUT2D eigenvalue weighted by Gasteiger charge is 2.50. The maximum atomic E-state index is 12.1. The van der Waals surface area contributed by atoms with Gasteiger partial charge in [0.15, 0.2) is 0 Å². The Bertz CT molecular complexity index is 551. The molecule has 3 rings (SSSR count). The molecule has 2 heterocycles. The quantitative estimate of drug-likeness (QED) is 0.535. The number of aromatic nitrogens is 1. The van der Waals surface area contributed by atoms with E-state index in [1.54, 1.807) is 11.9 Å². The predicted molar refractivity (Wildman–Crippen MR) is 71.0 cm³/mol. The third kappa shape index (κ3) is 1.54. The Morgan fingerprint density at radius 3 is 3.12 bits per heavy atom. The molecule has 1 amide bonds. The third-order valence-electron chi connectivity index (χ3n) is 3.52. The van der Waals surface area contributed by atoms with Crippen molar-refractivity contribution in [1.82, 2.24) is 4.98 Å². The molecule has 0 radical (unpaired) electrons. The van der Waals surface area contributed by atoms with Crippen LogP contribution in [0.3, 0.4) is 0 Å². The molecule has 2 aliphatic rings. The van der Waals surface area contributed by atoms with Crippen LogP contribution in [0.15, 0.2) is 12.3 Å². The van der Waals surface area contributed by atoms with E-state index in [9.17, 15) is 4.79 Å². The summed E-state index contributed by atoms with van der Waals surface area (Å²) in [5, 5.41) is 8.91. The van der Waals surface area contributed by atoms with Gasteiger partial charge < -0.3 is 0 Å². The van der Waals surface area contributed by atoms with Crippen LogP contribution in [-0.2, 0) is 4.79 Å². The van der Waals surface area contributed by atoms with Gasteiger partial charge in [-0.1, -0.05) is 22.6 Å². The Morgan fingerprint density at radius 1 is 1.65 bits per heavy atom. The number of nitriles is 1. The van der Waals surface area contributed by atoms with Crippen molar-refractivity contribution < 1.29 is 4.79 Å². The van der Waals surface area contributed by atoms with E-state index in [1.165, 1.54) is 6.20 Å². The van der Waals surface area contributed by atoms with Gasteiger partial charge in [-0.05, 0) is 29.9 Å². The van der Waals surface area contributed by atoms with Crippen molar-refractivity contribution in [2.45, 2.75) is 16.3 Å². The number of fused-ring (bicyclic) bond motifs is 3. The second-order valence-electron chi connectivity index (χ2n) is 4.55. The highest BCUT2D eigenvalue weighted by atomic mass is 127. The Kier molecular flexibility index (Phi) is 2.36. The Hall–Kier alpha value is -1.16. The Morgan fingerprint density at radius 2 is 2.41 bits per heavy atom. The van der Waals surface area contributed by atoms with Crippen LogP contribution in [-0.4, -0.2) is 21.9 Å². The topological polar surface area (TPSA) is 57.0 Å². The fraction of sp³-hybridized carbons (Fsp3) is 0.417. The highest BCUT2D eigenvalue weighted by Crippen LogP contribution is 2.56. The van der Waals surface area contributed by atoms with E-state index >= 15 is 0 Å². The summed E-state index contributed by atoms with van der Waals surface area (Å²) in [5.74, 6) is 1.67. The normalized spacial score (nSPS) is 30.1.